The molecule has 2 saturated heterocycles. The molecule has 2 fully saturated rings. The fourth-order valence-corrected chi connectivity index (χ4v) is 5.94. The Morgan fingerprint density at radius 1 is 0.844 bits per heavy atom. The number of amides is 1. The Kier molecular flexibility index (Phi) is 7.23. The van der Waals surface area contributed by atoms with Crippen LogP contribution in [0, 0.1) is 5.82 Å². The summed E-state index contributed by atoms with van der Waals surface area (Å²) in [5.74, 6) is -0.378. The van der Waals surface area contributed by atoms with Crippen molar-refractivity contribution in [3.63, 3.8) is 0 Å². The summed E-state index contributed by atoms with van der Waals surface area (Å²) in [5, 5.41) is 0. The second kappa shape index (κ2) is 10.1. The van der Waals surface area contributed by atoms with Crippen molar-refractivity contribution in [3.05, 3.63) is 65.5 Å². The van der Waals surface area contributed by atoms with E-state index in [-0.39, 0.29) is 16.6 Å². The molecule has 0 spiro atoms. The Bertz CT molecular complexity index is 1040. The van der Waals surface area contributed by atoms with Crippen LogP contribution in [0.3, 0.4) is 0 Å². The molecule has 2 aromatic carbocycles. The minimum Gasteiger partial charge on any atom is -0.336 e. The lowest BCUT2D eigenvalue weighted by Gasteiger charge is -2.35. The third-order valence-corrected chi connectivity index (χ3v) is 8.19. The smallest absolute Gasteiger partial charge is 0.253 e. The van der Waals surface area contributed by atoms with Gasteiger partial charge in [0.15, 0.2) is 0 Å². The number of benzene rings is 2. The topological polar surface area (TPSA) is 60.9 Å². The molecular formula is C24H30FN3O3S. The lowest BCUT2D eigenvalue weighted by molar-refractivity contribution is 0.0627. The zero-order chi connectivity index (χ0) is 22.6. The number of piperazine rings is 1. The monoisotopic (exact) mass is 459 g/mol. The molecule has 6 nitrogen and oxygen atoms in total. The van der Waals surface area contributed by atoms with Gasteiger partial charge in [0.25, 0.3) is 5.91 Å². The predicted molar refractivity (Wildman–Crippen MR) is 121 cm³/mol. The molecule has 0 radical (unpaired) electrons. The maximum Gasteiger partial charge on any atom is 0.253 e. The highest BCUT2D eigenvalue weighted by molar-refractivity contribution is 7.89. The molecule has 0 bridgehead atoms. The maximum absolute atomic E-state index is 13.9. The molecule has 1 amide bonds. The molecule has 0 aliphatic carbocycles. The number of hydrogen-bond acceptors (Lipinski definition) is 4. The van der Waals surface area contributed by atoms with Gasteiger partial charge in [0.05, 0.1) is 4.90 Å². The van der Waals surface area contributed by atoms with Crippen LogP contribution in [-0.4, -0.2) is 67.7 Å². The first-order chi connectivity index (χ1) is 15.4. The molecule has 0 unspecified atom stereocenters. The number of nitrogens with zero attached hydrogens (tertiary/aromatic N) is 3. The highest BCUT2D eigenvalue weighted by Gasteiger charge is 2.27. The van der Waals surface area contributed by atoms with Crippen LogP contribution in [0.1, 0.15) is 41.6 Å². The Balaban J connectivity index is 1.40. The van der Waals surface area contributed by atoms with Crippen molar-refractivity contribution >= 4 is 15.9 Å². The highest BCUT2D eigenvalue weighted by atomic mass is 32.2. The molecule has 8 heteroatoms. The van der Waals surface area contributed by atoms with Crippen molar-refractivity contribution in [1.82, 2.24) is 14.1 Å². The van der Waals surface area contributed by atoms with Crippen molar-refractivity contribution in [2.75, 3.05) is 39.3 Å². The van der Waals surface area contributed by atoms with Gasteiger partial charge in [-0.1, -0.05) is 37.1 Å². The molecule has 0 aromatic heterocycles. The van der Waals surface area contributed by atoms with Crippen LogP contribution in [0.2, 0.25) is 0 Å². The van der Waals surface area contributed by atoms with Gasteiger partial charge in [-0.25, -0.2) is 12.8 Å². The van der Waals surface area contributed by atoms with Crippen LogP contribution >= 0.6 is 0 Å². The number of halogens is 1. The van der Waals surface area contributed by atoms with Crippen LogP contribution in [0.4, 0.5) is 4.39 Å². The molecule has 2 heterocycles. The molecular weight excluding hydrogens is 429 g/mol. The fraction of sp³-hybridized carbons (Fsp3) is 0.458. The molecule has 0 N–H and O–H groups in total. The summed E-state index contributed by atoms with van der Waals surface area (Å²) in [5.41, 5.74) is 1.04. The third kappa shape index (κ3) is 5.19. The number of rotatable bonds is 5. The van der Waals surface area contributed by atoms with E-state index >= 15 is 0 Å². The SMILES string of the molecule is O=C(c1cccc(S(=O)(=O)N2CCCCCC2)c1)N1CCN(Cc2ccccc2F)CC1. The first-order valence-corrected chi connectivity index (χ1v) is 12.7. The van der Waals surface area contributed by atoms with Crippen molar-refractivity contribution in [2.45, 2.75) is 37.1 Å². The third-order valence-electron chi connectivity index (χ3n) is 6.30. The Morgan fingerprint density at radius 2 is 1.53 bits per heavy atom. The van der Waals surface area contributed by atoms with Gasteiger partial charge in [0.1, 0.15) is 5.82 Å². The zero-order valence-corrected chi connectivity index (χ0v) is 19.1. The van der Waals surface area contributed by atoms with Crippen molar-refractivity contribution in [1.29, 1.82) is 0 Å². The zero-order valence-electron chi connectivity index (χ0n) is 18.2. The van der Waals surface area contributed by atoms with E-state index in [0.717, 1.165) is 25.7 Å². The Morgan fingerprint density at radius 3 is 2.22 bits per heavy atom. The van der Waals surface area contributed by atoms with E-state index < -0.39 is 10.0 Å². The van der Waals surface area contributed by atoms with E-state index in [9.17, 15) is 17.6 Å². The number of carbonyl (C=O) groups excluding carboxylic acids is 1. The van der Waals surface area contributed by atoms with Gasteiger partial charge >= 0.3 is 0 Å². The highest BCUT2D eigenvalue weighted by Crippen LogP contribution is 2.22. The van der Waals surface area contributed by atoms with E-state index in [1.807, 2.05) is 6.07 Å². The summed E-state index contributed by atoms with van der Waals surface area (Å²) in [6, 6.07) is 13.1. The van der Waals surface area contributed by atoms with Crippen LogP contribution in [0.5, 0.6) is 0 Å². The summed E-state index contributed by atoms with van der Waals surface area (Å²) in [4.78, 5) is 17.1. The lowest BCUT2D eigenvalue weighted by Crippen LogP contribution is -2.48. The second-order valence-corrected chi connectivity index (χ2v) is 10.4. The van der Waals surface area contributed by atoms with Crippen LogP contribution in [0.15, 0.2) is 53.4 Å². The molecule has 0 atom stereocenters. The average molecular weight is 460 g/mol. The van der Waals surface area contributed by atoms with Gasteiger partial charge in [-0.05, 0) is 37.1 Å². The van der Waals surface area contributed by atoms with E-state index in [1.165, 1.54) is 12.1 Å². The van der Waals surface area contributed by atoms with Crippen molar-refractivity contribution < 1.29 is 17.6 Å². The predicted octanol–water partition coefficient (Wildman–Crippen LogP) is 3.35. The first kappa shape index (κ1) is 22.9. The van der Waals surface area contributed by atoms with Gasteiger partial charge in [-0.15, -0.1) is 0 Å². The molecule has 2 aromatic rings. The van der Waals surface area contributed by atoms with Gasteiger partial charge in [-0.3, -0.25) is 9.69 Å². The summed E-state index contributed by atoms with van der Waals surface area (Å²) >= 11 is 0. The lowest BCUT2D eigenvalue weighted by atomic mass is 10.1. The molecule has 4 rings (SSSR count). The first-order valence-electron chi connectivity index (χ1n) is 11.3. The molecule has 2 aliphatic heterocycles. The summed E-state index contributed by atoms with van der Waals surface area (Å²) in [6.45, 7) is 3.91. The largest absolute Gasteiger partial charge is 0.336 e. The number of carbonyl (C=O) groups is 1. The van der Waals surface area contributed by atoms with Gasteiger partial charge in [-0.2, -0.15) is 4.31 Å². The number of hydrogen-bond donors (Lipinski definition) is 0. The summed E-state index contributed by atoms with van der Waals surface area (Å²) in [6.07, 6.45) is 3.84. The fourth-order valence-electron chi connectivity index (χ4n) is 4.38. The van der Waals surface area contributed by atoms with Gasteiger partial charge in [0, 0.05) is 56.9 Å². The second-order valence-electron chi connectivity index (χ2n) is 8.51. The quantitative estimate of drug-likeness (QED) is 0.688. The normalized spacial score (nSPS) is 19.0. The van der Waals surface area contributed by atoms with E-state index in [2.05, 4.69) is 4.90 Å². The van der Waals surface area contributed by atoms with Crippen LogP contribution in [0.25, 0.3) is 0 Å². The minimum absolute atomic E-state index is 0.163. The molecule has 2 aliphatic rings. The summed E-state index contributed by atoms with van der Waals surface area (Å²) in [7, 11) is -3.60. The minimum atomic E-state index is -3.60. The van der Waals surface area contributed by atoms with Crippen molar-refractivity contribution in [2.24, 2.45) is 0 Å². The Hall–Kier alpha value is -2.29. The van der Waals surface area contributed by atoms with Gasteiger partial charge in [0.2, 0.25) is 10.0 Å². The van der Waals surface area contributed by atoms with E-state index in [4.69, 9.17) is 0 Å². The molecule has 172 valence electrons. The Labute approximate surface area is 189 Å². The standard InChI is InChI=1S/C24H30FN3O3S/c25-23-11-4-3-8-21(23)19-26-14-16-27(17-15-26)24(29)20-9-7-10-22(18-20)32(30,31)28-12-5-1-2-6-13-28/h3-4,7-11,18H,1-2,5-6,12-17,19H2. The van der Waals surface area contributed by atoms with Crippen LogP contribution in [-0.2, 0) is 16.6 Å². The van der Waals surface area contributed by atoms with E-state index in [0.29, 0.717) is 56.9 Å². The molecule has 32 heavy (non-hydrogen) atoms. The molecule has 0 saturated carbocycles. The average Bonchev–Trinajstić information content (AvgIpc) is 3.11. The summed E-state index contributed by atoms with van der Waals surface area (Å²) < 4.78 is 41.7. The van der Waals surface area contributed by atoms with Gasteiger partial charge < -0.3 is 4.90 Å². The van der Waals surface area contributed by atoms with E-state index in [1.54, 1.807) is 39.5 Å². The van der Waals surface area contributed by atoms with Crippen molar-refractivity contribution in [3.8, 4) is 0 Å². The number of sulfonamides is 1. The van der Waals surface area contributed by atoms with Crippen LogP contribution < -0.4 is 0 Å². The maximum atomic E-state index is 13.9.